The van der Waals surface area contributed by atoms with E-state index in [1.165, 1.54) is 4.31 Å². The van der Waals surface area contributed by atoms with Crippen LogP contribution in [0.3, 0.4) is 0 Å². The maximum atomic E-state index is 13.0. The van der Waals surface area contributed by atoms with Crippen LogP contribution in [-0.4, -0.2) is 25.2 Å². The van der Waals surface area contributed by atoms with Crippen molar-refractivity contribution in [3.8, 4) is 0 Å². The Hall–Kier alpha value is -1.82. The molecule has 0 unspecified atom stereocenters. The highest BCUT2D eigenvalue weighted by atomic mass is 32.2. The van der Waals surface area contributed by atoms with Gasteiger partial charge in [-0.15, -0.1) is 0 Å². The molecule has 0 saturated carbocycles. The zero-order chi connectivity index (χ0) is 15.9. The van der Waals surface area contributed by atoms with Gasteiger partial charge in [-0.1, -0.05) is 6.07 Å². The molecular weight excluding hydrogens is 286 g/mol. The van der Waals surface area contributed by atoms with Gasteiger partial charge in [-0.25, -0.2) is 8.42 Å². The maximum Gasteiger partial charge on any atom is 0.264 e. The fourth-order valence-electron chi connectivity index (χ4n) is 2.41. The Labute approximate surface area is 126 Å². The van der Waals surface area contributed by atoms with E-state index in [1.807, 2.05) is 33.8 Å². The Morgan fingerprint density at radius 1 is 1.10 bits per heavy atom. The van der Waals surface area contributed by atoms with Crippen LogP contribution in [0, 0.1) is 27.7 Å². The minimum atomic E-state index is -3.61. The smallest absolute Gasteiger partial charge is 0.264 e. The highest BCUT2D eigenvalue weighted by Gasteiger charge is 2.27. The Balaban J connectivity index is 2.65. The van der Waals surface area contributed by atoms with Crippen LogP contribution in [0.15, 0.2) is 23.4 Å². The fourth-order valence-corrected chi connectivity index (χ4v) is 4.16. The van der Waals surface area contributed by atoms with E-state index in [4.69, 9.17) is 0 Å². The van der Waals surface area contributed by atoms with Crippen LogP contribution in [0.25, 0.3) is 0 Å². The third-order valence-corrected chi connectivity index (χ3v) is 6.03. The lowest BCUT2D eigenvalue weighted by atomic mass is 10.0. The van der Waals surface area contributed by atoms with Gasteiger partial charge in [0.15, 0.2) is 0 Å². The van der Waals surface area contributed by atoms with E-state index in [1.54, 1.807) is 31.2 Å². The SMILES string of the molecule is Cc1cc(C)c(C)c(S(=O)(=O)N(C)c2cnn(C)c2)c1C. The lowest BCUT2D eigenvalue weighted by molar-refractivity contribution is 0.593. The monoisotopic (exact) mass is 307 g/mol. The minimum absolute atomic E-state index is 0.395. The van der Waals surface area contributed by atoms with Crippen LogP contribution in [0.1, 0.15) is 22.3 Å². The summed E-state index contributed by atoms with van der Waals surface area (Å²) < 4.78 is 28.8. The molecule has 114 valence electrons. The summed E-state index contributed by atoms with van der Waals surface area (Å²) in [7, 11) is -0.285. The van der Waals surface area contributed by atoms with Crippen LogP contribution in [0.4, 0.5) is 5.69 Å². The molecule has 0 fully saturated rings. The third kappa shape index (κ3) is 2.55. The van der Waals surface area contributed by atoms with Gasteiger partial charge in [0.05, 0.1) is 16.8 Å². The van der Waals surface area contributed by atoms with Crippen molar-refractivity contribution in [1.82, 2.24) is 9.78 Å². The van der Waals surface area contributed by atoms with Crippen LogP contribution >= 0.6 is 0 Å². The number of hydrogen-bond acceptors (Lipinski definition) is 3. The van der Waals surface area contributed by atoms with Gasteiger partial charge in [0.2, 0.25) is 0 Å². The van der Waals surface area contributed by atoms with Gasteiger partial charge in [0.1, 0.15) is 0 Å². The summed E-state index contributed by atoms with van der Waals surface area (Å²) in [4.78, 5) is 0.395. The molecule has 0 N–H and O–H groups in total. The molecule has 0 bridgehead atoms. The Kier molecular flexibility index (Phi) is 3.84. The lowest BCUT2D eigenvalue weighted by Crippen LogP contribution is -2.28. The summed E-state index contributed by atoms with van der Waals surface area (Å²) >= 11 is 0. The Bertz CT molecular complexity index is 765. The number of sulfonamides is 1. The number of aryl methyl sites for hydroxylation is 3. The van der Waals surface area contributed by atoms with Gasteiger partial charge in [0, 0.05) is 20.3 Å². The lowest BCUT2D eigenvalue weighted by Gasteiger charge is -2.22. The van der Waals surface area contributed by atoms with E-state index in [9.17, 15) is 8.42 Å². The van der Waals surface area contributed by atoms with Crippen molar-refractivity contribution < 1.29 is 8.42 Å². The fraction of sp³-hybridized carbons (Fsp3) is 0.400. The molecule has 1 heterocycles. The second kappa shape index (κ2) is 5.18. The van der Waals surface area contributed by atoms with Crippen LogP contribution in [-0.2, 0) is 17.1 Å². The van der Waals surface area contributed by atoms with Gasteiger partial charge >= 0.3 is 0 Å². The van der Waals surface area contributed by atoms with Crippen molar-refractivity contribution in [3.05, 3.63) is 40.7 Å². The van der Waals surface area contributed by atoms with E-state index >= 15 is 0 Å². The predicted octanol–water partition coefficient (Wildman–Crippen LogP) is 2.48. The first kappa shape index (κ1) is 15.6. The van der Waals surface area contributed by atoms with Gasteiger partial charge in [-0.05, 0) is 49.9 Å². The molecular formula is C15H21N3O2S. The van der Waals surface area contributed by atoms with Crippen molar-refractivity contribution in [2.24, 2.45) is 7.05 Å². The summed E-state index contributed by atoms with van der Waals surface area (Å²) in [5.74, 6) is 0. The quantitative estimate of drug-likeness (QED) is 0.875. The molecule has 1 aromatic carbocycles. The molecule has 0 aliphatic carbocycles. The second-order valence-corrected chi connectivity index (χ2v) is 7.34. The number of anilines is 1. The molecule has 6 heteroatoms. The highest BCUT2D eigenvalue weighted by Crippen LogP contribution is 2.30. The van der Waals surface area contributed by atoms with Gasteiger partial charge in [-0.3, -0.25) is 8.99 Å². The average molecular weight is 307 g/mol. The van der Waals surface area contributed by atoms with Gasteiger partial charge < -0.3 is 0 Å². The molecule has 0 amide bonds. The molecule has 21 heavy (non-hydrogen) atoms. The molecule has 0 aliphatic heterocycles. The van der Waals surface area contributed by atoms with E-state index in [2.05, 4.69) is 5.10 Å². The first-order chi connectivity index (χ1) is 9.66. The van der Waals surface area contributed by atoms with Crippen molar-refractivity contribution in [3.63, 3.8) is 0 Å². The summed E-state index contributed by atoms with van der Waals surface area (Å²) in [6, 6.07) is 2.02. The molecule has 5 nitrogen and oxygen atoms in total. The van der Waals surface area contributed by atoms with Crippen molar-refractivity contribution in [2.75, 3.05) is 11.4 Å². The number of rotatable bonds is 3. The maximum absolute atomic E-state index is 13.0. The molecule has 0 saturated heterocycles. The van der Waals surface area contributed by atoms with E-state index in [-0.39, 0.29) is 0 Å². The highest BCUT2D eigenvalue weighted by molar-refractivity contribution is 7.92. The third-order valence-electron chi connectivity index (χ3n) is 3.97. The molecule has 0 aliphatic rings. The topological polar surface area (TPSA) is 55.2 Å². The Morgan fingerprint density at radius 3 is 2.05 bits per heavy atom. The molecule has 0 radical (unpaired) electrons. The minimum Gasteiger partial charge on any atom is -0.274 e. The van der Waals surface area contributed by atoms with E-state index < -0.39 is 10.0 Å². The van der Waals surface area contributed by atoms with Crippen LogP contribution in [0.5, 0.6) is 0 Å². The molecule has 1 aromatic heterocycles. The molecule has 2 rings (SSSR count). The van der Waals surface area contributed by atoms with Crippen molar-refractivity contribution >= 4 is 15.7 Å². The number of aromatic nitrogens is 2. The van der Waals surface area contributed by atoms with Crippen LogP contribution < -0.4 is 4.31 Å². The number of benzene rings is 1. The first-order valence-electron chi connectivity index (χ1n) is 6.71. The molecule has 2 aromatic rings. The average Bonchev–Trinajstić information content (AvgIpc) is 2.82. The summed E-state index contributed by atoms with van der Waals surface area (Å²) in [6.45, 7) is 7.58. The number of nitrogens with zero attached hydrogens (tertiary/aromatic N) is 3. The summed E-state index contributed by atoms with van der Waals surface area (Å²) in [5, 5.41) is 4.04. The first-order valence-corrected chi connectivity index (χ1v) is 8.15. The predicted molar refractivity (Wildman–Crippen MR) is 84.2 cm³/mol. The number of hydrogen-bond donors (Lipinski definition) is 0. The van der Waals surface area contributed by atoms with Crippen molar-refractivity contribution in [1.29, 1.82) is 0 Å². The summed E-state index contributed by atoms with van der Waals surface area (Å²) in [5.41, 5.74) is 4.12. The van der Waals surface area contributed by atoms with Crippen LogP contribution in [0.2, 0.25) is 0 Å². The standard InChI is InChI=1S/C15H21N3O2S/c1-10-7-11(2)13(4)15(12(10)3)21(19,20)18(6)14-8-16-17(5)9-14/h7-9H,1-6H3. The zero-order valence-electron chi connectivity index (χ0n) is 13.3. The summed E-state index contributed by atoms with van der Waals surface area (Å²) in [6.07, 6.45) is 3.23. The molecule has 0 spiro atoms. The molecule has 0 atom stereocenters. The van der Waals surface area contributed by atoms with E-state index in [0.29, 0.717) is 10.6 Å². The normalized spacial score (nSPS) is 11.7. The second-order valence-electron chi connectivity index (χ2n) is 5.43. The van der Waals surface area contributed by atoms with Crippen molar-refractivity contribution in [2.45, 2.75) is 32.6 Å². The zero-order valence-corrected chi connectivity index (χ0v) is 14.1. The van der Waals surface area contributed by atoms with Gasteiger partial charge in [-0.2, -0.15) is 5.10 Å². The Morgan fingerprint density at radius 2 is 1.62 bits per heavy atom. The van der Waals surface area contributed by atoms with E-state index in [0.717, 1.165) is 22.3 Å². The van der Waals surface area contributed by atoms with Gasteiger partial charge in [0.25, 0.3) is 10.0 Å². The largest absolute Gasteiger partial charge is 0.274 e.